The molecule has 270 valence electrons. The maximum absolute atomic E-state index is 13.0. The summed E-state index contributed by atoms with van der Waals surface area (Å²) in [5.74, 6) is -0.725. The van der Waals surface area contributed by atoms with E-state index in [9.17, 15) is 9.59 Å². The van der Waals surface area contributed by atoms with Gasteiger partial charge in [-0.3, -0.25) is 19.3 Å². The molecule has 2 heterocycles. The molecule has 8 nitrogen and oxygen atoms in total. The van der Waals surface area contributed by atoms with E-state index in [1.807, 2.05) is 0 Å². The van der Waals surface area contributed by atoms with Crippen LogP contribution in [0.4, 0.5) is 0 Å². The van der Waals surface area contributed by atoms with E-state index in [1.165, 1.54) is 64.2 Å². The Bertz CT molecular complexity index is 830. The number of nitrogens with zero attached hydrogens (tertiary/aromatic N) is 2. The Morgan fingerprint density at radius 1 is 0.543 bits per heavy atom. The average molecular weight is 653 g/mol. The maximum atomic E-state index is 13.0. The van der Waals surface area contributed by atoms with Crippen molar-refractivity contribution in [1.29, 1.82) is 0 Å². The topological polar surface area (TPSA) is 77.5 Å². The van der Waals surface area contributed by atoms with Crippen LogP contribution >= 0.6 is 0 Å². The first kappa shape index (κ1) is 41.0. The summed E-state index contributed by atoms with van der Waals surface area (Å²) in [6.45, 7) is 22.9. The van der Waals surface area contributed by atoms with Gasteiger partial charge in [-0.1, -0.05) is 78.1 Å². The molecule has 2 rings (SSSR count). The van der Waals surface area contributed by atoms with E-state index in [-0.39, 0.29) is 48.1 Å². The molecule has 0 bridgehead atoms. The molecule has 0 radical (unpaired) electrons. The van der Waals surface area contributed by atoms with Crippen LogP contribution < -0.4 is 0 Å². The number of rotatable bonds is 21. The van der Waals surface area contributed by atoms with Crippen molar-refractivity contribution in [3.8, 4) is 0 Å². The van der Waals surface area contributed by atoms with Gasteiger partial charge >= 0.3 is 11.9 Å². The van der Waals surface area contributed by atoms with Gasteiger partial charge in [0.25, 0.3) is 0 Å². The highest BCUT2D eigenvalue weighted by Gasteiger charge is 2.51. The zero-order chi connectivity index (χ0) is 34.4. The van der Waals surface area contributed by atoms with Crippen molar-refractivity contribution >= 4 is 11.9 Å². The van der Waals surface area contributed by atoms with Gasteiger partial charge in [-0.25, -0.2) is 0 Å². The first-order valence-electron chi connectivity index (χ1n) is 18.8. The standard InChI is InChI=1S/C38H72N2O6/c1-11-13-15-17-19-21-29-43-39-35(3,4)27-25-31(37(39,7)8)45-33(41)23-24-34(42)46-32-26-28-36(5,6)40(38(32,9)10)44-30-22-20-18-16-14-12-2/h31-32H,11-30H2,1-10H3. The van der Waals surface area contributed by atoms with Gasteiger partial charge in [0, 0.05) is 11.1 Å². The third-order valence-electron chi connectivity index (χ3n) is 10.3. The lowest BCUT2D eigenvalue weighted by molar-refractivity contribution is -0.304. The van der Waals surface area contributed by atoms with Crippen molar-refractivity contribution in [2.24, 2.45) is 0 Å². The number of esters is 2. The van der Waals surface area contributed by atoms with E-state index in [0.717, 1.165) is 38.5 Å². The summed E-state index contributed by atoms with van der Waals surface area (Å²) in [6, 6.07) is 0. The van der Waals surface area contributed by atoms with Crippen molar-refractivity contribution in [1.82, 2.24) is 10.1 Å². The summed E-state index contributed by atoms with van der Waals surface area (Å²) < 4.78 is 12.0. The van der Waals surface area contributed by atoms with Crippen molar-refractivity contribution < 1.29 is 28.7 Å². The lowest BCUT2D eigenvalue weighted by atomic mass is 9.79. The van der Waals surface area contributed by atoms with Crippen LogP contribution in [-0.2, 0) is 28.7 Å². The van der Waals surface area contributed by atoms with Crippen LogP contribution in [0.1, 0.15) is 185 Å². The molecule has 2 aliphatic heterocycles. The zero-order valence-electron chi connectivity index (χ0n) is 31.6. The van der Waals surface area contributed by atoms with Crippen LogP contribution in [0.25, 0.3) is 0 Å². The Labute approximate surface area is 282 Å². The largest absolute Gasteiger partial charge is 0.460 e. The van der Waals surface area contributed by atoms with Gasteiger partial charge in [0.05, 0.1) is 37.1 Å². The second kappa shape index (κ2) is 19.1. The fourth-order valence-electron chi connectivity index (χ4n) is 7.50. The first-order chi connectivity index (χ1) is 21.6. The SMILES string of the molecule is CCCCCCCCON1C(C)(C)CCC(OC(=O)CCC(=O)OC2CCC(C)(C)N(OCCCCCCCC)C2(C)C)C1(C)C. The Hall–Kier alpha value is -1.22. The molecule has 2 unspecified atom stereocenters. The normalized spacial score (nSPS) is 24.0. The summed E-state index contributed by atoms with van der Waals surface area (Å²) in [7, 11) is 0. The highest BCUT2D eigenvalue weighted by molar-refractivity contribution is 5.78. The summed E-state index contributed by atoms with van der Waals surface area (Å²) in [4.78, 5) is 38.8. The van der Waals surface area contributed by atoms with E-state index < -0.39 is 11.1 Å². The number of ether oxygens (including phenoxy) is 2. The lowest BCUT2D eigenvalue weighted by Gasteiger charge is -2.54. The average Bonchev–Trinajstić information content (AvgIpc) is 2.97. The predicted molar refractivity (Wildman–Crippen MR) is 186 cm³/mol. The minimum Gasteiger partial charge on any atom is -0.460 e. The van der Waals surface area contributed by atoms with Crippen LogP contribution in [0.5, 0.6) is 0 Å². The van der Waals surface area contributed by atoms with E-state index in [0.29, 0.717) is 13.2 Å². The third kappa shape index (κ3) is 12.3. The second-order valence-electron chi connectivity index (χ2n) is 16.3. The Balaban J connectivity index is 1.85. The van der Waals surface area contributed by atoms with Crippen LogP contribution in [0, 0.1) is 0 Å². The number of hydrogen-bond donors (Lipinski definition) is 0. The number of unbranched alkanes of at least 4 members (excludes halogenated alkanes) is 10. The van der Waals surface area contributed by atoms with Gasteiger partial charge in [0.15, 0.2) is 0 Å². The molecule has 8 heteroatoms. The van der Waals surface area contributed by atoms with Gasteiger partial charge in [-0.15, -0.1) is 0 Å². The molecule has 2 aliphatic rings. The maximum Gasteiger partial charge on any atom is 0.306 e. The van der Waals surface area contributed by atoms with E-state index >= 15 is 0 Å². The molecule has 0 aromatic carbocycles. The smallest absolute Gasteiger partial charge is 0.306 e. The van der Waals surface area contributed by atoms with Gasteiger partial charge in [0.2, 0.25) is 0 Å². The number of carbonyl (C=O) groups excluding carboxylic acids is 2. The quantitative estimate of drug-likeness (QED) is 0.0896. The van der Waals surface area contributed by atoms with E-state index in [2.05, 4.69) is 79.4 Å². The zero-order valence-corrected chi connectivity index (χ0v) is 31.6. The number of piperidine rings is 2. The van der Waals surface area contributed by atoms with Crippen molar-refractivity contribution in [2.75, 3.05) is 13.2 Å². The molecule has 2 fully saturated rings. The molecule has 2 atom stereocenters. The van der Waals surface area contributed by atoms with Crippen LogP contribution in [-0.4, -0.2) is 69.6 Å². The van der Waals surface area contributed by atoms with Crippen LogP contribution in [0.3, 0.4) is 0 Å². The summed E-state index contributed by atoms with van der Waals surface area (Å²) in [6.07, 6.45) is 17.1. The molecule has 0 aromatic heterocycles. The molecule has 0 aromatic rings. The van der Waals surface area contributed by atoms with Crippen LogP contribution in [0.2, 0.25) is 0 Å². The fourth-order valence-corrected chi connectivity index (χ4v) is 7.50. The van der Waals surface area contributed by atoms with Crippen LogP contribution in [0.15, 0.2) is 0 Å². The highest BCUT2D eigenvalue weighted by atomic mass is 16.7. The number of hydrogen-bond acceptors (Lipinski definition) is 8. The molecule has 0 aliphatic carbocycles. The third-order valence-corrected chi connectivity index (χ3v) is 10.3. The predicted octanol–water partition coefficient (Wildman–Crippen LogP) is 9.48. The second-order valence-corrected chi connectivity index (χ2v) is 16.3. The lowest BCUT2D eigenvalue weighted by Crippen LogP contribution is -2.65. The molecule has 0 N–H and O–H groups in total. The molecule has 0 spiro atoms. The Morgan fingerprint density at radius 3 is 1.22 bits per heavy atom. The van der Waals surface area contributed by atoms with Gasteiger partial charge < -0.3 is 9.47 Å². The fraction of sp³-hybridized carbons (Fsp3) is 0.947. The van der Waals surface area contributed by atoms with Crippen molar-refractivity contribution in [2.45, 2.75) is 219 Å². The summed E-state index contributed by atoms with van der Waals surface area (Å²) in [5.41, 5.74) is -1.30. The van der Waals surface area contributed by atoms with Crippen molar-refractivity contribution in [3.63, 3.8) is 0 Å². The van der Waals surface area contributed by atoms with Gasteiger partial charge in [-0.05, 0) is 93.9 Å². The Morgan fingerprint density at radius 2 is 0.870 bits per heavy atom. The molecular weight excluding hydrogens is 580 g/mol. The first-order valence-corrected chi connectivity index (χ1v) is 18.8. The van der Waals surface area contributed by atoms with Crippen molar-refractivity contribution in [3.05, 3.63) is 0 Å². The number of hydroxylamine groups is 4. The molecule has 0 amide bonds. The monoisotopic (exact) mass is 653 g/mol. The molecular formula is C38H72N2O6. The number of carbonyl (C=O) groups is 2. The van der Waals surface area contributed by atoms with Gasteiger partial charge in [0.1, 0.15) is 12.2 Å². The minimum absolute atomic E-state index is 0.00428. The molecule has 2 saturated heterocycles. The van der Waals surface area contributed by atoms with E-state index in [1.54, 1.807) is 0 Å². The highest BCUT2D eigenvalue weighted by Crippen LogP contribution is 2.42. The van der Waals surface area contributed by atoms with Gasteiger partial charge in [-0.2, -0.15) is 10.1 Å². The minimum atomic E-state index is -0.488. The Kier molecular flexibility index (Phi) is 17.0. The molecule has 46 heavy (non-hydrogen) atoms. The molecule has 0 saturated carbocycles. The summed E-state index contributed by atoms with van der Waals surface area (Å²) >= 11 is 0. The summed E-state index contributed by atoms with van der Waals surface area (Å²) in [5, 5.41) is 4.13. The van der Waals surface area contributed by atoms with E-state index in [4.69, 9.17) is 19.1 Å².